The smallest absolute Gasteiger partial charge is 0.320 e. The first-order valence-corrected chi connectivity index (χ1v) is 12.6. The molecule has 0 radical (unpaired) electrons. The van der Waals surface area contributed by atoms with E-state index in [4.69, 9.17) is 14.9 Å². The monoisotopic (exact) mass is 429 g/mol. The number of nitrogen functional groups attached to an aromatic ring is 1. The number of ether oxygens (including phenoxy) is 1. The highest BCUT2D eigenvalue weighted by atomic mass is 28.4. The fraction of sp³-hybridized carbons (Fsp3) is 0.722. The van der Waals surface area contributed by atoms with Gasteiger partial charge in [-0.1, -0.05) is 27.2 Å². The summed E-state index contributed by atoms with van der Waals surface area (Å²) in [5.74, 6) is -3.46. The molecule has 0 spiro atoms. The molecule has 0 saturated carbocycles. The molecule has 3 rings (SSSR count). The molecule has 29 heavy (non-hydrogen) atoms. The van der Waals surface area contributed by atoms with Gasteiger partial charge < -0.3 is 20.0 Å². The van der Waals surface area contributed by atoms with Gasteiger partial charge in [0.2, 0.25) is 6.23 Å². The number of hydrogen-bond donors (Lipinski definition) is 2. The minimum Gasteiger partial charge on any atom is -0.414 e. The highest BCUT2D eigenvalue weighted by Gasteiger charge is 2.60. The Morgan fingerprint density at radius 1 is 1.34 bits per heavy atom. The summed E-state index contributed by atoms with van der Waals surface area (Å²) in [5, 5.41) is 10.2. The van der Waals surface area contributed by atoms with Crippen molar-refractivity contribution in [3.8, 4) is 0 Å². The molecule has 1 aliphatic heterocycles. The van der Waals surface area contributed by atoms with Crippen molar-refractivity contribution in [3.63, 3.8) is 0 Å². The van der Waals surface area contributed by atoms with E-state index in [1.807, 2.05) is 0 Å². The third-order valence-electron chi connectivity index (χ3n) is 6.13. The Kier molecular flexibility index (Phi) is 5.71. The minimum atomic E-state index is -3.55. The quantitative estimate of drug-likeness (QED) is 0.651. The molecule has 0 aliphatic carbocycles. The zero-order valence-corrected chi connectivity index (χ0v) is 18.4. The summed E-state index contributed by atoms with van der Waals surface area (Å²) >= 11 is 0. The van der Waals surface area contributed by atoms with Crippen LogP contribution in [0.2, 0.25) is 18.1 Å². The lowest BCUT2D eigenvalue weighted by Gasteiger charge is -2.40. The molecular weight excluding hydrogens is 400 g/mol. The molecule has 0 amide bonds. The first kappa shape index (κ1) is 22.0. The van der Waals surface area contributed by atoms with E-state index in [0.29, 0.717) is 0 Å². The maximum absolute atomic E-state index is 14.9. The molecule has 3 N–H and O–H groups in total. The Bertz CT molecular complexity index is 876. The average molecular weight is 430 g/mol. The molecule has 0 aromatic carbocycles. The normalized spacial score (nSPS) is 25.0. The van der Waals surface area contributed by atoms with Gasteiger partial charge in [0.1, 0.15) is 17.9 Å². The highest BCUT2D eigenvalue weighted by Crippen LogP contribution is 2.46. The predicted octanol–water partition coefficient (Wildman–Crippen LogP) is 3.10. The van der Waals surface area contributed by atoms with Crippen LogP contribution in [0.15, 0.2) is 12.7 Å². The van der Waals surface area contributed by atoms with Gasteiger partial charge in [-0.3, -0.25) is 4.57 Å². The summed E-state index contributed by atoms with van der Waals surface area (Å²) in [4.78, 5) is 11.8. The topological polar surface area (TPSA) is 108 Å². The van der Waals surface area contributed by atoms with E-state index in [1.165, 1.54) is 12.7 Å². The van der Waals surface area contributed by atoms with Crippen LogP contribution in [0.3, 0.4) is 0 Å². The van der Waals surface area contributed by atoms with E-state index in [-0.39, 0.29) is 28.6 Å². The second-order valence-electron chi connectivity index (χ2n) is 8.68. The van der Waals surface area contributed by atoms with Crippen LogP contribution in [0.25, 0.3) is 11.2 Å². The number of fused-ring (bicyclic) bond motifs is 1. The predicted molar refractivity (Wildman–Crippen MR) is 107 cm³/mol. The van der Waals surface area contributed by atoms with Gasteiger partial charge in [0, 0.05) is 0 Å². The third-order valence-corrected chi connectivity index (χ3v) is 10.5. The number of aliphatic hydroxyl groups is 1. The average Bonchev–Trinajstić information content (AvgIpc) is 3.14. The molecule has 1 saturated heterocycles. The van der Waals surface area contributed by atoms with Gasteiger partial charge in [0.05, 0.1) is 12.9 Å². The van der Waals surface area contributed by atoms with Crippen molar-refractivity contribution in [2.24, 2.45) is 0 Å². The Hall–Kier alpha value is -1.69. The van der Waals surface area contributed by atoms with Gasteiger partial charge in [-0.15, -0.1) is 0 Å². The first-order valence-electron chi connectivity index (χ1n) is 9.70. The second kappa shape index (κ2) is 7.53. The van der Waals surface area contributed by atoms with Crippen molar-refractivity contribution in [1.29, 1.82) is 0 Å². The molecular formula is C18H29F2N5O3Si. The highest BCUT2D eigenvalue weighted by molar-refractivity contribution is 6.74. The van der Waals surface area contributed by atoms with Gasteiger partial charge >= 0.3 is 5.92 Å². The van der Waals surface area contributed by atoms with E-state index in [0.717, 1.165) is 17.4 Å². The fourth-order valence-corrected chi connectivity index (χ4v) is 5.38. The van der Waals surface area contributed by atoms with Crippen molar-refractivity contribution in [2.45, 2.75) is 76.1 Å². The van der Waals surface area contributed by atoms with E-state index < -0.39 is 32.7 Å². The number of nitrogens with zero attached hydrogens (tertiary/aromatic N) is 4. The fourth-order valence-electron chi connectivity index (χ4n) is 3.56. The van der Waals surface area contributed by atoms with Gasteiger partial charge in [0.15, 0.2) is 25.9 Å². The summed E-state index contributed by atoms with van der Waals surface area (Å²) in [5.41, 5.74) is 6.06. The number of alkyl halides is 2. The molecule has 0 bridgehead atoms. The van der Waals surface area contributed by atoms with E-state index in [9.17, 15) is 13.9 Å². The summed E-state index contributed by atoms with van der Waals surface area (Å²) in [6.07, 6.45) is -0.620. The second-order valence-corrected chi connectivity index (χ2v) is 13.3. The minimum absolute atomic E-state index is 0.0395. The summed E-state index contributed by atoms with van der Waals surface area (Å²) in [6.45, 7) is 10.4. The lowest BCUT2D eigenvalue weighted by atomic mass is 10.1. The van der Waals surface area contributed by atoms with Gasteiger partial charge in [-0.25, -0.2) is 15.0 Å². The lowest BCUT2D eigenvalue weighted by Crippen LogP contribution is -2.46. The van der Waals surface area contributed by atoms with Crippen LogP contribution in [0.1, 0.15) is 39.8 Å². The maximum atomic E-state index is 14.9. The number of nitrogens with two attached hydrogens (primary N) is 1. The van der Waals surface area contributed by atoms with E-state index in [1.54, 1.807) is 0 Å². The molecule has 11 heteroatoms. The van der Waals surface area contributed by atoms with Crippen molar-refractivity contribution in [2.75, 3.05) is 12.3 Å². The zero-order chi connectivity index (χ0) is 21.6. The molecule has 1 fully saturated rings. The van der Waals surface area contributed by atoms with Crippen LogP contribution < -0.4 is 5.73 Å². The van der Waals surface area contributed by atoms with Crippen LogP contribution in [0.5, 0.6) is 0 Å². The van der Waals surface area contributed by atoms with Crippen molar-refractivity contribution >= 4 is 25.3 Å². The Labute approximate surface area is 169 Å². The van der Waals surface area contributed by atoms with E-state index >= 15 is 0 Å². The number of aliphatic hydroxyl groups excluding tert-OH is 1. The largest absolute Gasteiger partial charge is 0.414 e. The van der Waals surface area contributed by atoms with Crippen molar-refractivity contribution < 1.29 is 23.1 Å². The van der Waals surface area contributed by atoms with Crippen LogP contribution in [0.4, 0.5) is 14.6 Å². The van der Waals surface area contributed by atoms with Gasteiger partial charge in [0.25, 0.3) is 0 Å². The first-order chi connectivity index (χ1) is 13.4. The van der Waals surface area contributed by atoms with Crippen LogP contribution in [0, 0.1) is 0 Å². The van der Waals surface area contributed by atoms with E-state index in [2.05, 4.69) is 48.8 Å². The Balaban J connectivity index is 1.81. The molecule has 0 unspecified atom stereocenters. The maximum Gasteiger partial charge on any atom is 0.320 e. The summed E-state index contributed by atoms with van der Waals surface area (Å²) < 4.78 is 42.5. The molecule has 162 valence electrons. The van der Waals surface area contributed by atoms with Crippen molar-refractivity contribution in [1.82, 2.24) is 19.5 Å². The Morgan fingerprint density at radius 2 is 2.03 bits per heavy atom. The number of hydrogen-bond acceptors (Lipinski definition) is 7. The van der Waals surface area contributed by atoms with Gasteiger partial charge in [-0.2, -0.15) is 8.78 Å². The molecule has 3 heterocycles. The SMILES string of the molecule is CCCC(C)(C)[Si](C)(C)OC[C@H]1O[C@@H](n2cnc3c(N)ncnc32)C(F)(F)[C@@H]1O. The van der Waals surface area contributed by atoms with Crippen LogP contribution in [-0.4, -0.2) is 57.7 Å². The lowest BCUT2D eigenvalue weighted by molar-refractivity contribution is -0.138. The summed E-state index contributed by atoms with van der Waals surface area (Å²) in [6, 6.07) is 0. The number of anilines is 1. The molecule has 2 aromatic rings. The third kappa shape index (κ3) is 3.76. The number of imidazole rings is 1. The van der Waals surface area contributed by atoms with Crippen molar-refractivity contribution in [3.05, 3.63) is 12.7 Å². The number of halogens is 2. The van der Waals surface area contributed by atoms with Crippen LogP contribution >= 0.6 is 0 Å². The number of aromatic nitrogens is 4. The molecule has 8 nitrogen and oxygen atoms in total. The molecule has 3 atom stereocenters. The summed E-state index contributed by atoms with van der Waals surface area (Å²) in [7, 11) is -2.23. The van der Waals surface area contributed by atoms with Gasteiger partial charge in [-0.05, 0) is 24.6 Å². The van der Waals surface area contributed by atoms with Crippen LogP contribution in [-0.2, 0) is 9.16 Å². The Morgan fingerprint density at radius 3 is 2.69 bits per heavy atom. The standard InChI is InChI=1S/C18H29F2N5O3Si/c1-6-7-17(2,3)29(4,5)27-8-11-13(26)18(19,20)16(28-11)25-10-24-12-14(21)22-9-23-15(12)25/h9-11,13,16,26H,6-8H2,1-5H3,(H2,21,22,23)/t11-,13-,16-/m1/s1. The zero-order valence-electron chi connectivity index (χ0n) is 17.4. The molecule has 1 aliphatic rings. The molecule has 2 aromatic heterocycles. The number of rotatable bonds is 7.